The fourth-order valence-electron chi connectivity index (χ4n) is 12.5. The van der Waals surface area contributed by atoms with Crippen molar-refractivity contribution >= 4 is 29.5 Å². The van der Waals surface area contributed by atoms with Gasteiger partial charge in [-0.2, -0.15) is 0 Å². The van der Waals surface area contributed by atoms with Crippen molar-refractivity contribution in [2.75, 3.05) is 19.7 Å². The number of aromatic nitrogens is 3. The number of nitrogens with one attached hydrogen (secondary N) is 2. The number of nitrogens with zero attached hydrogens (tertiary/aromatic N) is 4. The molecule has 94 heavy (non-hydrogen) atoms. The quantitative estimate of drug-likeness (QED) is 0.0167. The van der Waals surface area contributed by atoms with Gasteiger partial charge >= 0.3 is 11.9 Å². The number of aliphatic hydroxyl groups excluding tert-OH is 9. The van der Waals surface area contributed by atoms with Crippen LogP contribution in [0.2, 0.25) is 0 Å². The summed E-state index contributed by atoms with van der Waals surface area (Å²) >= 11 is 0. The van der Waals surface area contributed by atoms with Crippen molar-refractivity contribution in [1.82, 2.24) is 30.6 Å². The highest BCUT2D eigenvalue weighted by Crippen LogP contribution is 2.41. The molecule has 516 valence electrons. The second kappa shape index (κ2) is 31.8. The van der Waals surface area contributed by atoms with Crippen LogP contribution in [0.5, 0.6) is 0 Å². The van der Waals surface area contributed by atoms with Crippen molar-refractivity contribution in [2.24, 2.45) is 29.3 Å². The molecular formula is C62H82F2N8O22. The average molecular weight is 1330 g/mol. The second-order valence-electron chi connectivity index (χ2n) is 24.3. The zero-order valence-electron chi connectivity index (χ0n) is 51.5. The summed E-state index contributed by atoms with van der Waals surface area (Å²) in [5.41, 5.74) is 6.95. The molecule has 4 heterocycles. The Morgan fingerprint density at radius 3 is 2.01 bits per heavy atom. The summed E-state index contributed by atoms with van der Waals surface area (Å²) in [5.74, 6) is -1.06. The van der Waals surface area contributed by atoms with Gasteiger partial charge in [-0.1, -0.05) is 67.9 Å². The molecule has 0 bridgehead atoms. The van der Waals surface area contributed by atoms with Gasteiger partial charge in [-0.15, -0.1) is 5.10 Å². The normalized spacial score (nSPS) is 35.0. The Morgan fingerprint density at radius 2 is 1.35 bits per heavy atom. The van der Waals surface area contributed by atoms with Crippen LogP contribution in [0.3, 0.4) is 0 Å². The Hall–Kier alpha value is -6.80. The Labute approximate surface area is 537 Å². The number of amides is 2. The van der Waals surface area contributed by atoms with Crippen LogP contribution >= 0.6 is 0 Å². The van der Waals surface area contributed by atoms with Gasteiger partial charge in [-0.3, -0.25) is 9.59 Å². The van der Waals surface area contributed by atoms with Crippen LogP contribution in [0.1, 0.15) is 81.3 Å². The molecular weight excluding hydrogens is 1250 g/mol. The van der Waals surface area contributed by atoms with Crippen molar-refractivity contribution in [3.8, 4) is 11.3 Å². The summed E-state index contributed by atoms with van der Waals surface area (Å²) in [6.45, 7) is 3.61. The van der Waals surface area contributed by atoms with Gasteiger partial charge in [0.2, 0.25) is 18.1 Å². The van der Waals surface area contributed by atoms with E-state index in [0.717, 1.165) is 17.3 Å². The van der Waals surface area contributed by atoms with Gasteiger partial charge in [-0.25, -0.2) is 28.9 Å². The molecule has 3 aliphatic heterocycles. The number of carbonyl (C=O) groups excluding carboxylic acids is 3. The monoisotopic (exact) mass is 1330 g/mol. The van der Waals surface area contributed by atoms with E-state index in [1.54, 1.807) is 38.1 Å². The molecule has 32 heteroatoms. The number of halogens is 2. The highest BCUT2D eigenvalue weighted by atomic mass is 19.1. The maximum absolute atomic E-state index is 14.4. The zero-order chi connectivity index (χ0) is 67.8. The Morgan fingerprint density at radius 1 is 0.713 bits per heavy atom. The summed E-state index contributed by atoms with van der Waals surface area (Å²) in [6.07, 6.45) is -28.8. The van der Waals surface area contributed by atoms with E-state index in [2.05, 4.69) is 20.9 Å². The number of hydrazine groups is 1. The first-order valence-corrected chi connectivity index (χ1v) is 31.0. The van der Waals surface area contributed by atoms with Gasteiger partial charge < -0.3 is 110 Å². The Balaban J connectivity index is 0.920. The number of carboxylic acids is 1. The van der Waals surface area contributed by atoms with Gasteiger partial charge in [0.15, 0.2) is 31.1 Å². The first kappa shape index (κ1) is 71.5. The van der Waals surface area contributed by atoms with Crippen molar-refractivity contribution < 1.29 is 117 Å². The summed E-state index contributed by atoms with van der Waals surface area (Å²) in [7, 11) is 0. The minimum atomic E-state index is -2.13. The predicted molar refractivity (Wildman–Crippen MR) is 318 cm³/mol. The van der Waals surface area contributed by atoms with Gasteiger partial charge in [-0.05, 0) is 81.3 Å². The van der Waals surface area contributed by atoms with Crippen molar-refractivity contribution in [3.05, 3.63) is 114 Å². The number of benzene rings is 3. The van der Waals surface area contributed by atoms with Gasteiger partial charge in [0.05, 0.1) is 54.5 Å². The van der Waals surface area contributed by atoms with E-state index in [1.165, 1.54) is 66.3 Å². The lowest BCUT2D eigenvalue weighted by Crippen LogP contribution is -2.66. The van der Waals surface area contributed by atoms with E-state index in [0.29, 0.717) is 12.0 Å². The molecule has 30 nitrogen and oxygen atoms in total. The fraction of sp³-hybridized carbons (Fsp3) is 0.581. The molecule has 24 atom stereocenters. The van der Waals surface area contributed by atoms with E-state index < -0.39 is 189 Å². The highest BCUT2D eigenvalue weighted by Gasteiger charge is 2.55. The second-order valence-corrected chi connectivity index (χ2v) is 24.3. The minimum absolute atomic E-state index is 0.0213. The first-order valence-electron chi connectivity index (χ1n) is 31.0. The third-order valence-electron chi connectivity index (χ3n) is 17.6. The van der Waals surface area contributed by atoms with Crippen LogP contribution in [0.15, 0.2) is 91.3 Å². The summed E-state index contributed by atoms with van der Waals surface area (Å²) in [5, 5.41) is 125. The first-order chi connectivity index (χ1) is 44.8. The van der Waals surface area contributed by atoms with Crippen LogP contribution in [-0.4, -0.2) is 237 Å². The molecule has 2 aliphatic carbocycles. The molecule has 16 N–H and O–H groups in total. The number of hydrogen-bond donors (Lipinski definition) is 14. The van der Waals surface area contributed by atoms with Crippen LogP contribution < -0.4 is 22.2 Å². The fourth-order valence-corrected chi connectivity index (χ4v) is 12.5. The molecule has 0 radical (unpaired) electrons. The Kier molecular flexibility index (Phi) is 24.2. The van der Waals surface area contributed by atoms with E-state index >= 15 is 0 Å². The lowest BCUT2D eigenvalue weighted by Gasteiger charge is -2.47. The van der Waals surface area contributed by atoms with Gasteiger partial charge in [0.1, 0.15) is 78.3 Å². The number of hydrogen-bond acceptors (Lipinski definition) is 26. The third-order valence-corrected chi connectivity index (χ3v) is 17.6. The van der Waals surface area contributed by atoms with Gasteiger partial charge in [0.25, 0.3) is 0 Å². The molecule has 1 aromatic heterocycles. The molecule has 5 fully saturated rings. The van der Waals surface area contributed by atoms with E-state index in [9.17, 15) is 79.0 Å². The molecule has 0 spiro atoms. The zero-order valence-corrected chi connectivity index (χ0v) is 51.5. The standard InChI is InChI=1S/C62H82F2N8O22/c1-4-10-40(57(83)84)88-53-51(80)59(86)94-62(54(53)92-58(85)30-11-6-5-7-12-30)90-42-24-33(19-28(2)52(42)93-61-50(79)49(78)45(74)29(3)87-61)55(81)67-17-18-68-56(82)34-22-39(72-26-38(69-70-72)32-14-9-16-36(64)21-32)46(75)41(23-34)89-60-48(77)44(47(76)43(27-73)91-60)71(66)25-37(65)31-13-8-15-35(63)20-31/h5-9,11-16,20-21,25-26,28-29,33-34,39-54,59-62,73-80,86H,4,10,17-19,22-24,27,65-66H2,1-3H3,(H,67,81)(H,68,82)(H,83,84)/b37-25-/t28?,29?,33?,34?,39?,40-,41+,42+,43?,44?,45+,46?,47-,48?,49?,50?,51+,52?,53?,54?,59?,60+,61-,62+/m0/s1. The molecule has 3 aromatic carbocycles. The van der Waals surface area contributed by atoms with Gasteiger partial charge in [0, 0.05) is 42.3 Å². The van der Waals surface area contributed by atoms with Crippen molar-refractivity contribution in [1.29, 1.82) is 0 Å². The molecule has 15 unspecified atom stereocenters. The number of aliphatic hydroxyl groups is 9. The number of ether oxygens (including phenoxy) is 8. The largest absolute Gasteiger partial charge is 0.479 e. The lowest BCUT2D eigenvalue weighted by atomic mass is 9.77. The van der Waals surface area contributed by atoms with Crippen LogP contribution in [-0.2, 0) is 52.3 Å². The van der Waals surface area contributed by atoms with Crippen LogP contribution in [0, 0.1) is 29.4 Å². The average Bonchev–Trinajstić information content (AvgIpc) is 1.25. The summed E-state index contributed by atoms with van der Waals surface area (Å²) < 4.78 is 78.1. The van der Waals surface area contributed by atoms with Crippen LogP contribution in [0.25, 0.3) is 17.0 Å². The number of carboxylic acid groups (broad SMARTS) is 1. The van der Waals surface area contributed by atoms with Crippen molar-refractivity contribution in [3.63, 3.8) is 0 Å². The molecule has 4 aromatic rings. The lowest BCUT2D eigenvalue weighted by molar-refractivity contribution is -0.369. The maximum atomic E-state index is 14.4. The molecule has 9 rings (SSSR count). The molecule has 5 aliphatic rings. The number of esters is 1. The third kappa shape index (κ3) is 16.7. The van der Waals surface area contributed by atoms with Crippen LogP contribution in [0.4, 0.5) is 8.78 Å². The minimum Gasteiger partial charge on any atom is -0.479 e. The number of carbonyl (C=O) groups is 4. The number of aliphatic carboxylic acids is 1. The van der Waals surface area contributed by atoms with Crippen molar-refractivity contribution in [2.45, 2.75) is 188 Å². The number of rotatable bonds is 24. The molecule has 2 amide bonds. The summed E-state index contributed by atoms with van der Waals surface area (Å²) in [4.78, 5) is 54.9. The smallest absolute Gasteiger partial charge is 0.338 e. The topological polar surface area (TPSA) is 454 Å². The maximum Gasteiger partial charge on any atom is 0.338 e. The molecule has 2 saturated carbocycles. The molecule has 3 saturated heterocycles. The van der Waals surface area contributed by atoms with E-state index in [1.807, 2.05) is 0 Å². The van der Waals surface area contributed by atoms with E-state index in [4.69, 9.17) is 49.5 Å². The van der Waals surface area contributed by atoms with E-state index in [-0.39, 0.29) is 67.7 Å². The Bertz CT molecular complexity index is 3220. The highest BCUT2D eigenvalue weighted by molar-refractivity contribution is 5.89. The SMILES string of the molecule is CCC[C@H](OC1C(OC(=O)c2ccccc2)[C@H](O[C@@H]2CC(C(=O)NCCNC(=O)C3CC(n4cc(-c5cccc(F)c5)nn4)C(O)[C@H](O[C@@H]4OC(CO)[C@H](O)C(N(N)/C=C(\N)c5cccc(F)c5)C4O)C3)CC(C)C2O[C@@H]2OC(C)[C@@H](O)C(O)C2O)OC(O)[C@@H]1O)C(=O)O. The summed E-state index contributed by atoms with van der Waals surface area (Å²) in [6, 6.07) is 15.7. The predicted octanol–water partition coefficient (Wildman–Crippen LogP) is -1.36. The number of nitrogens with two attached hydrogens (primary N) is 2.